The fourth-order valence-electron chi connectivity index (χ4n) is 3.31. The van der Waals surface area contributed by atoms with Crippen LogP contribution in [0.4, 0.5) is 0 Å². The Morgan fingerprint density at radius 2 is 2.05 bits per heavy atom. The maximum absolute atomic E-state index is 12.3. The second-order valence-electron chi connectivity index (χ2n) is 5.81. The number of rotatable bonds is 3. The summed E-state index contributed by atoms with van der Waals surface area (Å²) >= 11 is 0. The van der Waals surface area contributed by atoms with E-state index in [1.165, 1.54) is 0 Å². The lowest BCUT2D eigenvalue weighted by atomic mass is 9.90. The molecule has 1 saturated heterocycles. The van der Waals surface area contributed by atoms with Crippen molar-refractivity contribution in [1.29, 1.82) is 0 Å². The molecule has 110 valence electrons. The molecule has 6 heteroatoms. The maximum atomic E-state index is 12.3. The van der Waals surface area contributed by atoms with Crippen LogP contribution in [0.2, 0.25) is 0 Å². The predicted octanol–water partition coefficient (Wildman–Crippen LogP) is 0.890. The number of aromatic nitrogens is 2. The standard InChI is InChI=1S/C14H22N4O2/c1-8-12(14(20-3)17(2)16-8)13-10(15)6-7-11(19)18(13)9-4-5-9/h9-10,13H,4-7,15H2,1-3H3. The van der Waals surface area contributed by atoms with Gasteiger partial charge in [0.15, 0.2) is 0 Å². The highest BCUT2D eigenvalue weighted by Crippen LogP contribution is 2.43. The molecule has 2 heterocycles. The number of amides is 1. The summed E-state index contributed by atoms with van der Waals surface area (Å²) in [5, 5.41) is 4.43. The third kappa shape index (κ3) is 1.98. The lowest BCUT2D eigenvalue weighted by Gasteiger charge is -2.40. The van der Waals surface area contributed by atoms with Crippen molar-refractivity contribution in [3.05, 3.63) is 11.3 Å². The van der Waals surface area contributed by atoms with E-state index in [0.717, 1.165) is 30.5 Å². The normalized spacial score (nSPS) is 27.0. The van der Waals surface area contributed by atoms with E-state index in [9.17, 15) is 4.79 Å². The van der Waals surface area contributed by atoms with E-state index in [1.807, 2.05) is 18.9 Å². The van der Waals surface area contributed by atoms with E-state index in [4.69, 9.17) is 10.5 Å². The van der Waals surface area contributed by atoms with E-state index in [-0.39, 0.29) is 18.0 Å². The minimum Gasteiger partial charge on any atom is -0.481 e. The molecule has 2 N–H and O–H groups in total. The summed E-state index contributed by atoms with van der Waals surface area (Å²) in [5.41, 5.74) is 8.21. The van der Waals surface area contributed by atoms with Crippen LogP contribution >= 0.6 is 0 Å². The second kappa shape index (κ2) is 4.77. The van der Waals surface area contributed by atoms with Crippen molar-refractivity contribution in [2.24, 2.45) is 12.8 Å². The summed E-state index contributed by atoms with van der Waals surface area (Å²) in [6, 6.07) is 0.195. The van der Waals surface area contributed by atoms with Gasteiger partial charge in [0.1, 0.15) is 0 Å². The molecule has 0 spiro atoms. The van der Waals surface area contributed by atoms with Gasteiger partial charge in [-0.2, -0.15) is 5.10 Å². The molecule has 2 unspecified atom stereocenters. The quantitative estimate of drug-likeness (QED) is 0.891. The van der Waals surface area contributed by atoms with Crippen molar-refractivity contribution in [1.82, 2.24) is 14.7 Å². The first-order chi connectivity index (χ1) is 9.54. The van der Waals surface area contributed by atoms with Crippen molar-refractivity contribution in [3.63, 3.8) is 0 Å². The minimum absolute atomic E-state index is 0.0508. The molecule has 2 atom stereocenters. The lowest BCUT2D eigenvalue weighted by molar-refractivity contribution is -0.138. The molecule has 0 bridgehead atoms. The van der Waals surface area contributed by atoms with Crippen LogP contribution < -0.4 is 10.5 Å². The Hall–Kier alpha value is -1.56. The van der Waals surface area contributed by atoms with Crippen LogP contribution in [0.1, 0.15) is 43.0 Å². The van der Waals surface area contributed by atoms with Crippen molar-refractivity contribution >= 4 is 5.91 Å². The zero-order valence-electron chi connectivity index (χ0n) is 12.3. The van der Waals surface area contributed by atoms with Gasteiger partial charge in [-0.15, -0.1) is 0 Å². The first-order valence-corrected chi connectivity index (χ1v) is 7.18. The molecule has 1 aromatic rings. The number of hydrogen-bond acceptors (Lipinski definition) is 4. The van der Waals surface area contributed by atoms with Crippen LogP contribution in [0.5, 0.6) is 5.88 Å². The molecular formula is C14H22N4O2. The third-order valence-electron chi connectivity index (χ3n) is 4.33. The average Bonchev–Trinajstić information content (AvgIpc) is 3.18. The Kier molecular flexibility index (Phi) is 3.20. The van der Waals surface area contributed by atoms with Gasteiger partial charge in [0.25, 0.3) is 0 Å². The molecule has 2 aliphatic rings. The molecular weight excluding hydrogens is 256 g/mol. The highest BCUT2D eigenvalue weighted by atomic mass is 16.5. The highest BCUT2D eigenvalue weighted by Gasteiger charge is 2.45. The number of aryl methyl sites for hydroxylation is 2. The summed E-state index contributed by atoms with van der Waals surface area (Å²) in [4.78, 5) is 14.3. The Labute approximate surface area is 118 Å². The molecule has 1 aliphatic carbocycles. The zero-order valence-corrected chi connectivity index (χ0v) is 12.3. The first-order valence-electron chi connectivity index (χ1n) is 7.18. The van der Waals surface area contributed by atoms with E-state index in [0.29, 0.717) is 18.3 Å². The number of piperidine rings is 1. The molecule has 0 radical (unpaired) electrons. The zero-order chi connectivity index (χ0) is 14.4. The molecule has 20 heavy (non-hydrogen) atoms. The number of nitrogens with two attached hydrogens (primary N) is 1. The monoisotopic (exact) mass is 278 g/mol. The van der Waals surface area contributed by atoms with E-state index in [1.54, 1.807) is 11.8 Å². The summed E-state index contributed by atoms with van der Waals surface area (Å²) in [7, 11) is 3.49. The number of nitrogens with zero attached hydrogens (tertiary/aromatic N) is 3. The molecule has 1 saturated carbocycles. The summed E-state index contributed by atoms with van der Waals surface area (Å²) in [6.45, 7) is 1.95. The van der Waals surface area contributed by atoms with Gasteiger partial charge in [0, 0.05) is 25.6 Å². The highest BCUT2D eigenvalue weighted by molar-refractivity contribution is 5.79. The van der Waals surface area contributed by atoms with Crippen molar-refractivity contribution < 1.29 is 9.53 Å². The molecule has 3 rings (SSSR count). The van der Waals surface area contributed by atoms with Crippen LogP contribution in [0, 0.1) is 6.92 Å². The molecule has 1 aliphatic heterocycles. The lowest BCUT2D eigenvalue weighted by Crippen LogP contribution is -2.50. The molecule has 1 aromatic heterocycles. The number of likely N-dealkylation sites (tertiary alicyclic amines) is 1. The second-order valence-corrected chi connectivity index (χ2v) is 5.81. The number of methoxy groups -OCH3 is 1. The number of ether oxygens (including phenoxy) is 1. The van der Waals surface area contributed by atoms with Gasteiger partial charge in [0.2, 0.25) is 11.8 Å². The van der Waals surface area contributed by atoms with Gasteiger partial charge >= 0.3 is 0 Å². The van der Waals surface area contributed by atoms with Crippen LogP contribution in [0.3, 0.4) is 0 Å². The number of carbonyl (C=O) groups is 1. The number of hydrogen-bond donors (Lipinski definition) is 1. The van der Waals surface area contributed by atoms with Gasteiger partial charge < -0.3 is 15.4 Å². The first kappa shape index (κ1) is 13.4. The van der Waals surface area contributed by atoms with Crippen LogP contribution in [-0.2, 0) is 11.8 Å². The van der Waals surface area contributed by atoms with Crippen molar-refractivity contribution in [3.8, 4) is 5.88 Å². The van der Waals surface area contributed by atoms with Gasteiger partial charge in [-0.3, -0.25) is 4.79 Å². The Balaban J connectivity index is 2.07. The van der Waals surface area contributed by atoms with Gasteiger partial charge in [-0.25, -0.2) is 4.68 Å². The smallest absolute Gasteiger partial charge is 0.223 e. The van der Waals surface area contributed by atoms with Gasteiger partial charge in [-0.05, 0) is 26.2 Å². The Morgan fingerprint density at radius 3 is 2.65 bits per heavy atom. The SMILES string of the molecule is COc1c(C2C(N)CCC(=O)N2C2CC2)c(C)nn1C. The van der Waals surface area contributed by atoms with E-state index >= 15 is 0 Å². The Bertz CT molecular complexity index is 536. The van der Waals surface area contributed by atoms with Crippen LogP contribution in [0.15, 0.2) is 0 Å². The molecule has 6 nitrogen and oxygen atoms in total. The minimum atomic E-state index is -0.104. The molecule has 0 aromatic carbocycles. The van der Waals surface area contributed by atoms with Crippen LogP contribution in [0.25, 0.3) is 0 Å². The van der Waals surface area contributed by atoms with Crippen molar-refractivity contribution in [2.75, 3.05) is 7.11 Å². The van der Waals surface area contributed by atoms with E-state index < -0.39 is 0 Å². The van der Waals surface area contributed by atoms with E-state index in [2.05, 4.69) is 5.10 Å². The summed E-state index contributed by atoms with van der Waals surface area (Å²) < 4.78 is 7.21. The third-order valence-corrected chi connectivity index (χ3v) is 4.33. The molecule has 1 amide bonds. The summed E-state index contributed by atoms with van der Waals surface area (Å²) in [6.07, 6.45) is 3.44. The van der Waals surface area contributed by atoms with Gasteiger partial charge in [-0.1, -0.05) is 0 Å². The fourth-order valence-corrected chi connectivity index (χ4v) is 3.31. The average molecular weight is 278 g/mol. The van der Waals surface area contributed by atoms with Crippen molar-refractivity contribution in [2.45, 2.75) is 50.7 Å². The summed E-state index contributed by atoms with van der Waals surface area (Å²) in [5.74, 6) is 0.924. The fraction of sp³-hybridized carbons (Fsp3) is 0.714. The van der Waals surface area contributed by atoms with Crippen LogP contribution in [-0.4, -0.2) is 39.8 Å². The number of carbonyl (C=O) groups excluding carboxylic acids is 1. The molecule has 2 fully saturated rings. The maximum Gasteiger partial charge on any atom is 0.223 e. The Morgan fingerprint density at radius 1 is 1.35 bits per heavy atom. The topological polar surface area (TPSA) is 73.4 Å². The van der Waals surface area contributed by atoms with Gasteiger partial charge in [0.05, 0.1) is 24.4 Å². The predicted molar refractivity (Wildman–Crippen MR) is 74.3 cm³/mol. The largest absolute Gasteiger partial charge is 0.481 e.